The van der Waals surface area contributed by atoms with Gasteiger partial charge in [0.1, 0.15) is 0 Å². The Morgan fingerprint density at radius 3 is 2.61 bits per heavy atom. The first-order valence-electron chi connectivity index (χ1n) is 8.08. The number of halogens is 1. The lowest BCUT2D eigenvalue weighted by Gasteiger charge is -2.40. The zero-order valence-corrected chi connectivity index (χ0v) is 14.6. The molecule has 1 N–H and O–H groups in total. The topological polar surface area (TPSA) is 53.9 Å². The molecule has 0 aliphatic carbocycles. The average molecular weight is 338 g/mol. The lowest BCUT2D eigenvalue weighted by Crippen LogP contribution is -2.51. The Morgan fingerprint density at radius 1 is 1.35 bits per heavy atom. The molecule has 1 aliphatic rings. The fourth-order valence-corrected chi connectivity index (χ4v) is 3.09. The maximum Gasteiger partial charge on any atom is 0.376 e. The number of ether oxygens (including phenoxy) is 1. The highest BCUT2D eigenvalue weighted by atomic mass is 35.5. The first kappa shape index (κ1) is 17.6. The SMILES string of the molecule is CCOC(=O)/C(=N/Nc1ccccc1Cl)N1[C@@H](C)CCC[C@@H]1C. The van der Waals surface area contributed by atoms with E-state index in [-0.39, 0.29) is 12.1 Å². The summed E-state index contributed by atoms with van der Waals surface area (Å²) >= 11 is 6.13. The number of nitrogens with one attached hydrogen (secondary N) is 1. The maximum atomic E-state index is 12.4. The van der Waals surface area contributed by atoms with Gasteiger partial charge in [0, 0.05) is 12.1 Å². The van der Waals surface area contributed by atoms with Crippen molar-refractivity contribution in [2.75, 3.05) is 12.0 Å². The molecule has 0 unspecified atom stereocenters. The predicted molar refractivity (Wildman–Crippen MR) is 93.8 cm³/mol. The first-order valence-corrected chi connectivity index (χ1v) is 8.46. The summed E-state index contributed by atoms with van der Waals surface area (Å²) < 4.78 is 5.19. The highest BCUT2D eigenvalue weighted by molar-refractivity contribution is 6.36. The van der Waals surface area contributed by atoms with Gasteiger partial charge in [0.2, 0.25) is 5.84 Å². The van der Waals surface area contributed by atoms with Crippen LogP contribution < -0.4 is 5.43 Å². The lowest BCUT2D eigenvalue weighted by molar-refractivity contribution is -0.136. The van der Waals surface area contributed by atoms with E-state index in [2.05, 4.69) is 24.4 Å². The number of rotatable bonds is 3. The van der Waals surface area contributed by atoms with Crippen LogP contribution in [0.15, 0.2) is 29.4 Å². The van der Waals surface area contributed by atoms with Gasteiger partial charge in [-0.1, -0.05) is 23.7 Å². The predicted octanol–water partition coefficient (Wildman–Crippen LogP) is 3.89. The van der Waals surface area contributed by atoms with Gasteiger partial charge in [0.05, 0.1) is 17.3 Å². The van der Waals surface area contributed by atoms with Crippen LogP contribution in [0, 0.1) is 0 Å². The van der Waals surface area contributed by atoms with Crippen LogP contribution in [0.4, 0.5) is 5.69 Å². The van der Waals surface area contributed by atoms with Crippen molar-refractivity contribution >= 4 is 29.1 Å². The third kappa shape index (κ3) is 4.38. The second kappa shape index (κ2) is 8.20. The molecule has 1 aromatic rings. The minimum atomic E-state index is -0.410. The number of carbonyl (C=O) groups excluding carboxylic acids is 1. The minimum Gasteiger partial charge on any atom is -0.460 e. The normalized spacial score (nSPS) is 21.9. The molecule has 1 aliphatic heterocycles. The Labute approximate surface area is 142 Å². The molecule has 6 heteroatoms. The van der Waals surface area contributed by atoms with E-state index in [1.807, 2.05) is 23.1 Å². The standard InChI is InChI=1S/C17H24ClN3O2/c1-4-23-17(22)16(21-12(2)8-7-9-13(21)3)20-19-15-11-6-5-10-14(15)18/h5-6,10-13,19H,4,7-9H2,1-3H3/b20-16-/t12-,13-/m0/s1. The number of likely N-dealkylation sites (tertiary alicyclic amines) is 1. The van der Waals surface area contributed by atoms with E-state index in [0.717, 1.165) is 19.3 Å². The van der Waals surface area contributed by atoms with E-state index in [1.165, 1.54) is 0 Å². The molecule has 1 heterocycles. The molecule has 23 heavy (non-hydrogen) atoms. The summed E-state index contributed by atoms with van der Waals surface area (Å²) in [4.78, 5) is 14.4. The monoisotopic (exact) mass is 337 g/mol. The van der Waals surface area contributed by atoms with Crippen molar-refractivity contribution in [2.45, 2.75) is 52.1 Å². The highest BCUT2D eigenvalue weighted by Gasteiger charge is 2.32. The van der Waals surface area contributed by atoms with Gasteiger partial charge < -0.3 is 9.64 Å². The molecule has 1 fully saturated rings. The summed E-state index contributed by atoms with van der Waals surface area (Å²) in [6.07, 6.45) is 3.23. The molecule has 0 saturated carbocycles. The number of nitrogens with zero attached hydrogens (tertiary/aromatic N) is 2. The van der Waals surface area contributed by atoms with E-state index in [9.17, 15) is 4.79 Å². The largest absolute Gasteiger partial charge is 0.460 e. The van der Waals surface area contributed by atoms with Crippen molar-refractivity contribution in [3.8, 4) is 0 Å². The molecule has 0 bridgehead atoms. The van der Waals surface area contributed by atoms with Gasteiger partial charge in [-0.2, -0.15) is 0 Å². The van der Waals surface area contributed by atoms with Crippen LogP contribution in [0.3, 0.4) is 0 Å². The van der Waals surface area contributed by atoms with Gasteiger partial charge in [-0.25, -0.2) is 4.79 Å². The van der Waals surface area contributed by atoms with Crippen molar-refractivity contribution in [1.29, 1.82) is 0 Å². The van der Waals surface area contributed by atoms with E-state index >= 15 is 0 Å². The quantitative estimate of drug-likeness (QED) is 0.393. The summed E-state index contributed by atoms with van der Waals surface area (Å²) in [6.45, 7) is 6.33. The van der Waals surface area contributed by atoms with Gasteiger partial charge in [-0.3, -0.25) is 5.43 Å². The van der Waals surface area contributed by atoms with Crippen molar-refractivity contribution in [3.63, 3.8) is 0 Å². The molecule has 126 valence electrons. The van der Waals surface area contributed by atoms with Crippen LogP contribution in [-0.4, -0.2) is 35.4 Å². The molecular formula is C17H24ClN3O2. The summed E-state index contributed by atoms with van der Waals surface area (Å²) in [5.74, 6) is -0.0980. The molecule has 1 aromatic carbocycles. The van der Waals surface area contributed by atoms with E-state index in [4.69, 9.17) is 16.3 Å². The second-order valence-corrected chi connectivity index (χ2v) is 6.19. The van der Waals surface area contributed by atoms with Crippen molar-refractivity contribution in [3.05, 3.63) is 29.3 Å². The minimum absolute atomic E-state index is 0.245. The molecule has 2 atom stereocenters. The van der Waals surface area contributed by atoms with Crippen LogP contribution >= 0.6 is 11.6 Å². The zero-order valence-electron chi connectivity index (χ0n) is 13.9. The van der Waals surface area contributed by atoms with E-state index < -0.39 is 5.97 Å². The van der Waals surface area contributed by atoms with Crippen LogP contribution in [0.25, 0.3) is 0 Å². The highest BCUT2D eigenvalue weighted by Crippen LogP contribution is 2.24. The van der Waals surface area contributed by atoms with Crippen LogP contribution in [0.1, 0.15) is 40.0 Å². The fraction of sp³-hybridized carbons (Fsp3) is 0.529. The van der Waals surface area contributed by atoms with Gasteiger partial charge in [0.15, 0.2) is 0 Å². The maximum absolute atomic E-state index is 12.4. The van der Waals surface area contributed by atoms with Crippen LogP contribution in [-0.2, 0) is 9.53 Å². The Balaban J connectivity index is 2.28. The van der Waals surface area contributed by atoms with Crippen molar-refractivity contribution in [2.24, 2.45) is 5.10 Å². The van der Waals surface area contributed by atoms with E-state index in [1.54, 1.807) is 13.0 Å². The summed E-state index contributed by atoms with van der Waals surface area (Å²) in [5, 5.41) is 4.89. The number of hydrogen-bond donors (Lipinski definition) is 1. The number of carbonyl (C=O) groups is 1. The number of amidine groups is 1. The van der Waals surface area contributed by atoms with E-state index in [0.29, 0.717) is 23.2 Å². The Kier molecular flexibility index (Phi) is 6.28. The van der Waals surface area contributed by atoms with Gasteiger partial charge in [-0.15, -0.1) is 5.10 Å². The Hall–Kier alpha value is -1.75. The number of benzene rings is 1. The smallest absolute Gasteiger partial charge is 0.376 e. The summed E-state index contributed by atoms with van der Waals surface area (Å²) in [7, 11) is 0. The summed E-state index contributed by atoms with van der Waals surface area (Å²) in [5.41, 5.74) is 3.56. The Bertz CT molecular complexity index is 567. The van der Waals surface area contributed by atoms with Crippen molar-refractivity contribution in [1.82, 2.24) is 4.90 Å². The number of esters is 1. The zero-order chi connectivity index (χ0) is 16.8. The third-order valence-electron chi connectivity index (χ3n) is 4.05. The third-order valence-corrected chi connectivity index (χ3v) is 4.38. The number of hydrazone groups is 1. The number of piperidine rings is 1. The number of anilines is 1. The molecule has 0 radical (unpaired) electrons. The summed E-state index contributed by atoms with van der Waals surface area (Å²) in [6, 6.07) is 7.79. The molecule has 5 nitrogen and oxygen atoms in total. The fourth-order valence-electron chi connectivity index (χ4n) is 2.91. The Morgan fingerprint density at radius 2 is 2.00 bits per heavy atom. The van der Waals surface area contributed by atoms with Gasteiger partial charge in [-0.05, 0) is 52.2 Å². The number of para-hydroxylation sites is 1. The first-order chi connectivity index (χ1) is 11.0. The van der Waals surface area contributed by atoms with Gasteiger partial charge >= 0.3 is 5.97 Å². The van der Waals surface area contributed by atoms with Gasteiger partial charge in [0.25, 0.3) is 0 Å². The van der Waals surface area contributed by atoms with Crippen LogP contribution in [0.5, 0.6) is 0 Å². The molecule has 0 amide bonds. The second-order valence-electron chi connectivity index (χ2n) is 5.78. The molecule has 0 spiro atoms. The molecule has 1 saturated heterocycles. The lowest BCUT2D eigenvalue weighted by atomic mass is 9.97. The molecule has 0 aromatic heterocycles. The molecule has 2 rings (SSSR count). The van der Waals surface area contributed by atoms with Crippen LogP contribution in [0.2, 0.25) is 5.02 Å². The molecular weight excluding hydrogens is 314 g/mol. The average Bonchev–Trinajstić information content (AvgIpc) is 2.51. The van der Waals surface area contributed by atoms with Crippen molar-refractivity contribution < 1.29 is 9.53 Å². The number of hydrogen-bond acceptors (Lipinski definition) is 4.